The number of nitrogens with one attached hydrogen (secondary N) is 1. The van der Waals surface area contributed by atoms with Crippen molar-refractivity contribution in [1.29, 1.82) is 0 Å². The van der Waals surface area contributed by atoms with Crippen LogP contribution in [-0.4, -0.2) is 38.4 Å². The molecule has 0 atom stereocenters. The zero-order valence-corrected chi connectivity index (χ0v) is 9.66. The van der Waals surface area contributed by atoms with Crippen LogP contribution in [0.2, 0.25) is 0 Å². The fourth-order valence-corrected chi connectivity index (χ4v) is 2.62. The van der Waals surface area contributed by atoms with E-state index >= 15 is 0 Å². The molecule has 0 aliphatic carbocycles. The average Bonchev–Trinajstić information content (AvgIpc) is 2.26. The molecule has 2 N–H and O–H groups in total. The summed E-state index contributed by atoms with van der Waals surface area (Å²) in [6.45, 7) is 1.11. The van der Waals surface area contributed by atoms with Crippen LogP contribution in [0.25, 0.3) is 0 Å². The van der Waals surface area contributed by atoms with E-state index in [-0.39, 0.29) is 4.90 Å². The first-order valence-electron chi connectivity index (χ1n) is 4.94. The summed E-state index contributed by atoms with van der Waals surface area (Å²) in [6, 6.07) is 4.27. The van der Waals surface area contributed by atoms with Crippen molar-refractivity contribution in [2.24, 2.45) is 0 Å². The molecule has 17 heavy (non-hydrogen) atoms. The highest BCUT2D eigenvalue weighted by Gasteiger charge is 2.21. The van der Waals surface area contributed by atoms with Crippen LogP contribution in [0, 0.1) is 0 Å². The molecule has 0 radical (unpaired) electrons. The van der Waals surface area contributed by atoms with E-state index in [1.54, 1.807) is 0 Å². The van der Waals surface area contributed by atoms with Gasteiger partial charge in [-0.2, -0.15) is 0 Å². The molecule has 1 aliphatic heterocycles. The van der Waals surface area contributed by atoms with Crippen molar-refractivity contribution >= 4 is 21.5 Å². The number of carboxylic acids is 1. The Bertz CT molecular complexity index is 552. The van der Waals surface area contributed by atoms with Gasteiger partial charge in [-0.15, -0.1) is 0 Å². The second kappa shape index (κ2) is 4.25. The first-order chi connectivity index (χ1) is 7.99. The van der Waals surface area contributed by atoms with Crippen LogP contribution in [0.3, 0.4) is 0 Å². The SMILES string of the molecule is O=C(O)CS(=O)(=O)c1ccc2c(c1)NCCO2. The molecule has 0 saturated carbocycles. The van der Waals surface area contributed by atoms with Crippen LogP contribution in [0.1, 0.15) is 0 Å². The second-order valence-electron chi connectivity index (χ2n) is 3.59. The number of carboxylic acid groups (broad SMARTS) is 1. The highest BCUT2D eigenvalue weighted by molar-refractivity contribution is 7.92. The van der Waals surface area contributed by atoms with E-state index in [0.717, 1.165) is 0 Å². The predicted molar refractivity (Wildman–Crippen MR) is 60.1 cm³/mol. The first-order valence-corrected chi connectivity index (χ1v) is 6.59. The van der Waals surface area contributed by atoms with E-state index < -0.39 is 21.6 Å². The topological polar surface area (TPSA) is 92.7 Å². The van der Waals surface area contributed by atoms with Gasteiger partial charge in [-0.3, -0.25) is 4.79 Å². The van der Waals surface area contributed by atoms with Gasteiger partial charge >= 0.3 is 5.97 Å². The van der Waals surface area contributed by atoms with Crippen LogP contribution < -0.4 is 10.1 Å². The number of benzene rings is 1. The third-order valence-electron chi connectivity index (χ3n) is 2.30. The number of sulfone groups is 1. The molecule has 7 heteroatoms. The summed E-state index contributed by atoms with van der Waals surface area (Å²) in [7, 11) is -3.79. The summed E-state index contributed by atoms with van der Waals surface area (Å²) < 4.78 is 28.7. The quantitative estimate of drug-likeness (QED) is 0.811. The zero-order valence-electron chi connectivity index (χ0n) is 8.84. The Morgan fingerprint density at radius 1 is 1.47 bits per heavy atom. The number of fused-ring (bicyclic) bond motifs is 1. The molecule has 2 rings (SSSR count). The monoisotopic (exact) mass is 257 g/mol. The van der Waals surface area contributed by atoms with Crippen molar-refractivity contribution in [3.05, 3.63) is 18.2 Å². The predicted octanol–water partition coefficient (Wildman–Crippen LogP) is 0.349. The molecule has 1 heterocycles. The van der Waals surface area contributed by atoms with Crippen LogP contribution in [0.15, 0.2) is 23.1 Å². The summed E-state index contributed by atoms with van der Waals surface area (Å²) in [4.78, 5) is 10.4. The van der Waals surface area contributed by atoms with Crippen LogP contribution >= 0.6 is 0 Å². The lowest BCUT2D eigenvalue weighted by atomic mass is 10.2. The van der Waals surface area contributed by atoms with Crippen molar-refractivity contribution in [2.75, 3.05) is 24.2 Å². The largest absolute Gasteiger partial charge is 0.490 e. The molecule has 1 aromatic rings. The Balaban J connectivity index is 2.37. The second-order valence-corrected chi connectivity index (χ2v) is 5.58. The van der Waals surface area contributed by atoms with Gasteiger partial charge in [0, 0.05) is 6.54 Å². The van der Waals surface area contributed by atoms with Crippen molar-refractivity contribution in [3.63, 3.8) is 0 Å². The number of anilines is 1. The number of rotatable bonds is 3. The molecule has 0 bridgehead atoms. The number of carbonyl (C=O) groups is 1. The zero-order chi connectivity index (χ0) is 12.5. The third kappa shape index (κ3) is 2.50. The van der Waals surface area contributed by atoms with Crippen molar-refractivity contribution in [3.8, 4) is 5.75 Å². The Morgan fingerprint density at radius 3 is 2.94 bits per heavy atom. The Morgan fingerprint density at radius 2 is 2.24 bits per heavy atom. The van der Waals surface area contributed by atoms with E-state index in [1.165, 1.54) is 18.2 Å². The Hall–Kier alpha value is -1.76. The molecule has 1 aromatic carbocycles. The number of hydrogen-bond donors (Lipinski definition) is 2. The van der Waals surface area contributed by atoms with E-state index in [2.05, 4.69) is 5.32 Å². The lowest BCUT2D eigenvalue weighted by molar-refractivity contribution is -0.134. The average molecular weight is 257 g/mol. The molecule has 0 unspecified atom stereocenters. The summed E-state index contributed by atoms with van der Waals surface area (Å²) >= 11 is 0. The minimum Gasteiger partial charge on any atom is -0.490 e. The summed E-state index contributed by atoms with van der Waals surface area (Å²) in [5.41, 5.74) is 0.572. The van der Waals surface area contributed by atoms with Gasteiger partial charge < -0.3 is 15.2 Å². The van der Waals surface area contributed by atoms with Crippen molar-refractivity contribution in [2.45, 2.75) is 4.90 Å². The summed E-state index contributed by atoms with van der Waals surface area (Å²) in [5.74, 6) is -1.70. The molecule has 1 aliphatic rings. The van der Waals surface area contributed by atoms with E-state index in [1.807, 2.05) is 0 Å². The minimum atomic E-state index is -3.79. The minimum absolute atomic E-state index is 0.0170. The molecular weight excluding hydrogens is 246 g/mol. The number of aliphatic carboxylic acids is 1. The van der Waals surface area contributed by atoms with Gasteiger partial charge in [0.05, 0.1) is 10.6 Å². The van der Waals surface area contributed by atoms with Crippen molar-refractivity contribution < 1.29 is 23.1 Å². The smallest absolute Gasteiger partial charge is 0.319 e. The van der Waals surface area contributed by atoms with Gasteiger partial charge in [0.1, 0.15) is 12.4 Å². The van der Waals surface area contributed by atoms with Crippen molar-refractivity contribution in [1.82, 2.24) is 0 Å². The first kappa shape index (κ1) is 11.7. The normalized spacial score (nSPS) is 14.4. The maximum absolute atomic E-state index is 11.7. The molecule has 0 fully saturated rings. The highest BCUT2D eigenvalue weighted by Crippen LogP contribution is 2.29. The fraction of sp³-hybridized carbons (Fsp3) is 0.300. The van der Waals surface area contributed by atoms with Gasteiger partial charge in [0.25, 0.3) is 0 Å². The maximum atomic E-state index is 11.7. The number of ether oxygens (including phenoxy) is 1. The molecule has 0 aromatic heterocycles. The van der Waals surface area contributed by atoms with Crippen LogP contribution in [0.5, 0.6) is 5.75 Å². The van der Waals surface area contributed by atoms with E-state index in [9.17, 15) is 13.2 Å². The van der Waals surface area contributed by atoms with Gasteiger partial charge in [-0.25, -0.2) is 8.42 Å². The van der Waals surface area contributed by atoms with Gasteiger partial charge in [-0.1, -0.05) is 0 Å². The maximum Gasteiger partial charge on any atom is 0.319 e. The molecular formula is C10H11NO5S. The third-order valence-corrected chi connectivity index (χ3v) is 3.90. The Kier molecular flexibility index (Phi) is 2.93. The lowest BCUT2D eigenvalue weighted by Gasteiger charge is -2.19. The van der Waals surface area contributed by atoms with E-state index in [4.69, 9.17) is 9.84 Å². The fourth-order valence-electron chi connectivity index (χ4n) is 1.56. The standard InChI is InChI=1S/C10H11NO5S/c12-10(13)6-17(14,15)7-1-2-9-8(5-7)11-3-4-16-9/h1-2,5,11H,3-4,6H2,(H,12,13). The van der Waals surface area contributed by atoms with Gasteiger partial charge in [-0.05, 0) is 18.2 Å². The highest BCUT2D eigenvalue weighted by atomic mass is 32.2. The summed E-state index contributed by atoms with van der Waals surface area (Å²) in [5, 5.41) is 11.5. The molecule has 6 nitrogen and oxygen atoms in total. The molecule has 0 saturated heterocycles. The van der Waals surface area contributed by atoms with Crippen LogP contribution in [-0.2, 0) is 14.6 Å². The van der Waals surface area contributed by atoms with Crippen LogP contribution in [0.4, 0.5) is 5.69 Å². The Labute approximate surface area is 98.1 Å². The molecule has 92 valence electrons. The van der Waals surface area contributed by atoms with Gasteiger partial charge in [0.15, 0.2) is 15.6 Å². The van der Waals surface area contributed by atoms with Gasteiger partial charge in [0.2, 0.25) is 0 Å². The van der Waals surface area contributed by atoms with E-state index in [0.29, 0.717) is 24.6 Å². The summed E-state index contributed by atoms with van der Waals surface area (Å²) in [6.07, 6.45) is 0. The number of hydrogen-bond acceptors (Lipinski definition) is 5. The molecule has 0 spiro atoms. The lowest BCUT2D eigenvalue weighted by Crippen LogP contribution is -2.19. The molecule has 0 amide bonds.